The van der Waals surface area contributed by atoms with Gasteiger partial charge in [0.1, 0.15) is 16.1 Å². The molecule has 1 aromatic carbocycles. The van der Waals surface area contributed by atoms with Crippen molar-refractivity contribution in [1.29, 1.82) is 0 Å². The highest BCUT2D eigenvalue weighted by Gasteiger charge is 2.25. The molecule has 8 heteroatoms. The van der Waals surface area contributed by atoms with Gasteiger partial charge in [-0.1, -0.05) is 12.1 Å². The lowest BCUT2D eigenvalue weighted by atomic mass is 9.96. The van der Waals surface area contributed by atoms with E-state index in [9.17, 15) is 19.5 Å². The van der Waals surface area contributed by atoms with Gasteiger partial charge in [-0.2, -0.15) is 0 Å². The van der Waals surface area contributed by atoms with Crippen LogP contribution in [0.4, 0.5) is 5.69 Å². The van der Waals surface area contributed by atoms with Gasteiger partial charge in [0, 0.05) is 10.6 Å². The average molecular weight is 398 g/mol. The normalized spacial score (nSPS) is 13.3. The Morgan fingerprint density at radius 2 is 1.86 bits per heavy atom. The number of H-pyrrole nitrogens is 1. The minimum atomic E-state index is -0.944. The Morgan fingerprint density at radius 3 is 2.57 bits per heavy atom. The number of rotatable bonds is 4. The predicted octanol–water partition coefficient (Wildman–Crippen LogP) is 3.05. The molecular formula is C20H18N2O5S. The number of carboxylic acid groups (broad SMARTS) is 1. The number of thiophene rings is 1. The average Bonchev–Trinajstić information content (AvgIpc) is 3.01. The topological polar surface area (TPSA) is 119 Å². The number of pyridine rings is 1. The maximum absolute atomic E-state index is 12.7. The number of amides is 1. The minimum absolute atomic E-state index is 0.116. The number of aromatic nitrogens is 1. The number of aromatic hydroxyl groups is 1. The van der Waals surface area contributed by atoms with E-state index in [-0.39, 0.29) is 17.7 Å². The third-order valence-corrected chi connectivity index (χ3v) is 6.10. The number of nitrogens with one attached hydrogen (secondary N) is 2. The molecule has 144 valence electrons. The van der Waals surface area contributed by atoms with Gasteiger partial charge in [0.15, 0.2) is 0 Å². The van der Waals surface area contributed by atoms with Crippen molar-refractivity contribution in [3.05, 3.63) is 56.2 Å². The fraction of sp³-hybridized carbons (Fsp3) is 0.250. The highest BCUT2D eigenvalue weighted by molar-refractivity contribution is 7.18. The van der Waals surface area contributed by atoms with Crippen molar-refractivity contribution in [2.75, 3.05) is 5.32 Å². The van der Waals surface area contributed by atoms with Gasteiger partial charge in [-0.05, 0) is 48.9 Å². The van der Waals surface area contributed by atoms with Crippen LogP contribution >= 0.6 is 11.3 Å². The van der Waals surface area contributed by atoms with Crippen LogP contribution in [0, 0.1) is 0 Å². The quantitative estimate of drug-likeness (QED) is 0.538. The largest absolute Gasteiger partial charge is 0.506 e. The van der Waals surface area contributed by atoms with E-state index >= 15 is 0 Å². The van der Waals surface area contributed by atoms with Crippen LogP contribution in [0.5, 0.6) is 5.75 Å². The summed E-state index contributed by atoms with van der Waals surface area (Å²) in [4.78, 5) is 40.3. The Labute approximate surface area is 163 Å². The first kappa shape index (κ1) is 18.2. The van der Waals surface area contributed by atoms with Gasteiger partial charge in [0.05, 0.1) is 11.8 Å². The highest BCUT2D eigenvalue weighted by atomic mass is 32.1. The van der Waals surface area contributed by atoms with Crippen molar-refractivity contribution in [1.82, 2.24) is 4.98 Å². The number of aromatic amines is 1. The number of hydrogen-bond acceptors (Lipinski definition) is 5. The maximum atomic E-state index is 12.7. The Morgan fingerprint density at radius 1 is 1.14 bits per heavy atom. The summed E-state index contributed by atoms with van der Waals surface area (Å²) in [5, 5.41) is 22.7. The van der Waals surface area contributed by atoms with E-state index in [0.717, 1.165) is 36.1 Å². The van der Waals surface area contributed by atoms with Crippen LogP contribution in [0.25, 0.3) is 10.2 Å². The molecule has 4 rings (SSSR count). The van der Waals surface area contributed by atoms with Crippen LogP contribution < -0.4 is 10.9 Å². The molecule has 2 heterocycles. The molecule has 0 aliphatic heterocycles. The Bertz CT molecular complexity index is 1140. The van der Waals surface area contributed by atoms with Gasteiger partial charge < -0.3 is 20.5 Å². The van der Waals surface area contributed by atoms with Crippen LogP contribution in [0.3, 0.4) is 0 Å². The molecule has 7 nitrogen and oxygen atoms in total. The van der Waals surface area contributed by atoms with E-state index < -0.39 is 17.4 Å². The third kappa shape index (κ3) is 3.27. The summed E-state index contributed by atoms with van der Waals surface area (Å²) < 4.78 is 0. The van der Waals surface area contributed by atoms with E-state index in [1.54, 1.807) is 24.3 Å². The molecule has 0 spiro atoms. The number of aryl methyl sites for hydroxylation is 2. The molecule has 2 aromatic heterocycles. The maximum Gasteiger partial charge on any atom is 0.307 e. The van der Waals surface area contributed by atoms with Crippen LogP contribution in [-0.4, -0.2) is 27.1 Å². The molecule has 0 fully saturated rings. The Balaban J connectivity index is 1.67. The summed E-state index contributed by atoms with van der Waals surface area (Å²) in [5.74, 6) is -1.93. The second-order valence-corrected chi connectivity index (χ2v) is 7.92. The second kappa shape index (κ2) is 7.12. The fourth-order valence-corrected chi connectivity index (χ4v) is 4.87. The standard InChI is InChI=1S/C20H18N2O5S/c23-14(24)9-10-5-7-11(8-6-10)21-18(26)16-17(25)15-12-3-1-2-4-13(12)28-20(15)22-19(16)27/h5-8H,1-4,9H2,(H,21,26)(H,23,24)(H2,22,25,27). The summed E-state index contributed by atoms with van der Waals surface area (Å²) in [6.07, 6.45) is 3.72. The van der Waals surface area contributed by atoms with Gasteiger partial charge in [-0.3, -0.25) is 14.4 Å². The summed E-state index contributed by atoms with van der Waals surface area (Å²) in [5.41, 5.74) is 1.08. The molecule has 0 saturated heterocycles. The van der Waals surface area contributed by atoms with Crippen molar-refractivity contribution in [2.24, 2.45) is 0 Å². The zero-order valence-corrected chi connectivity index (χ0v) is 15.7. The summed E-state index contributed by atoms with van der Waals surface area (Å²) in [6.45, 7) is 0. The van der Waals surface area contributed by atoms with Gasteiger partial charge in [-0.25, -0.2) is 0 Å². The second-order valence-electron chi connectivity index (χ2n) is 6.81. The first-order chi connectivity index (χ1) is 13.4. The number of aliphatic carboxylic acids is 1. The molecule has 0 atom stereocenters. The van der Waals surface area contributed by atoms with Crippen molar-refractivity contribution in [3.8, 4) is 5.75 Å². The minimum Gasteiger partial charge on any atom is -0.506 e. The van der Waals surface area contributed by atoms with E-state index in [0.29, 0.717) is 21.5 Å². The van der Waals surface area contributed by atoms with Crippen molar-refractivity contribution in [3.63, 3.8) is 0 Å². The number of benzene rings is 1. The number of carbonyl (C=O) groups excluding carboxylic acids is 1. The molecule has 1 aliphatic rings. The molecule has 0 radical (unpaired) electrons. The zero-order valence-electron chi connectivity index (χ0n) is 14.9. The molecule has 4 N–H and O–H groups in total. The predicted molar refractivity (Wildman–Crippen MR) is 106 cm³/mol. The number of hydrogen-bond donors (Lipinski definition) is 4. The van der Waals surface area contributed by atoms with E-state index in [2.05, 4.69) is 10.3 Å². The highest BCUT2D eigenvalue weighted by Crippen LogP contribution is 2.40. The lowest BCUT2D eigenvalue weighted by molar-refractivity contribution is -0.136. The van der Waals surface area contributed by atoms with E-state index in [1.807, 2.05) is 0 Å². The van der Waals surface area contributed by atoms with Crippen molar-refractivity contribution >= 4 is 39.1 Å². The van der Waals surface area contributed by atoms with Gasteiger partial charge in [0.25, 0.3) is 11.5 Å². The van der Waals surface area contributed by atoms with Gasteiger partial charge >= 0.3 is 5.97 Å². The molecule has 0 bridgehead atoms. The third-order valence-electron chi connectivity index (χ3n) is 4.89. The number of carbonyl (C=O) groups is 2. The number of fused-ring (bicyclic) bond motifs is 3. The van der Waals surface area contributed by atoms with Gasteiger partial charge in [0.2, 0.25) is 0 Å². The van der Waals surface area contributed by atoms with Gasteiger partial charge in [-0.15, -0.1) is 11.3 Å². The summed E-state index contributed by atoms with van der Waals surface area (Å²) >= 11 is 1.46. The summed E-state index contributed by atoms with van der Waals surface area (Å²) in [7, 11) is 0. The SMILES string of the molecule is O=C(O)Cc1ccc(NC(=O)c2c(O)c3c4c(sc3[nH]c2=O)CCCC4)cc1. The van der Waals surface area contributed by atoms with E-state index in [1.165, 1.54) is 11.3 Å². The molecule has 28 heavy (non-hydrogen) atoms. The van der Waals surface area contributed by atoms with Crippen LogP contribution in [0.1, 0.15) is 39.2 Å². The molecule has 0 saturated carbocycles. The molecule has 1 amide bonds. The Kier molecular flexibility index (Phi) is 4.64. The lowest BCUT2D eigenvalue weighted by Crippen LogP contribution is -2.23. The number of anilines is 1. The molecule has 1 aliphatic carbocycles. The smallest absolute Gasteiger partial charge is 0.307 e. The monoisotopic (exact) mass is 398 g/mol. The fourth-order valence-electron chi connectivity index (χ4n) is 3.59. The molecular weight excluding hydrogens is 380 g/mol. The first-order valence-electron chi connectivity index (χ1n) is 8.95. The summed E-state index contributed by atoms with van der Waals surface area (Å²) in [6, 6.07) is 6.30. The van der Waals surface area contributed by atoms with Crippen LogP contribution in [0.2, 0.25) is 0 Å². The number of carboxylic acids is 1. The molecule has 3 aromatic rings. The van der Waals surface area contributed by atoms with Crippen LogP contribution in [0.15, 0.2) is 29.1 Å². The zero-order chi connectivity index (χ0) is 19.8. The van der Waals surface area contributed by atoms with Crippen LogP contribution in [-0.2, 0) is 24.1 Å². The van der Waals surface area contributed by atoms with E-state index in [4.69, 9.17) is 5.11 Å². The first-order valence-corrected chi connectivity index (χ1v) is 9.77. The Hall–Kier alpha value is -3.13. The van der Waals surface area contributed by atoms with Crippen molar-refractivity contribution in [2.45, 2.75) is 32.1 Å². The molecule has 0 unspecified atom stereocenters. The lowest BCUT2D eigenvalue weighted by Gasteiger charge is -2.12. The van der Waals surface area contributed by atoms with Crippen molar-refractivity contribution < 1.29 is 19.8 Å².